The average molecular weight is 198 g/mol. The van der Waals surface area contributed by atoms with Gasteiger partial charge in [0.2, 0.25) is 0 Å². The Bertz CT molecular complexity index is 304. The molecule has 1 aliphatic heterocycles. The van der Waals surface area contributed by atoms with Crippen LogP contribution in [0, 0.1) is 0 Å². The monoisotopic (exact) mass is 198 g/mol. The quantitative estimate of drug-likeness (QED) is 0.771. The molecular weight excluding hydrogens is 183 g/mol. The minimum Gasteiger partial charge on any atom is -0.313 e. The molecule has 1 atom stereocenters. The van der Waals surface area contributed by atoms with Crippen molar-refractivity contribution in [2.75, 3.05) is 13.1 Å². The second-order valence-corrected chi connectivity index (χ2v) is 3.75. The molecule has 1 saturated heterocycles. The van der Waals surface area contributed by atoms with Gasteiger partial charge in [-0.25, -0.2) is 9.37 Å². The first-order chi connectivity index (χ1) is 6.73. The van der Waals surface area contributed by atoms with E-state index in [-0.39, 0.29) is 0 Å². The van der Waals surface area contributed by atoms with Crippen LogP contribution in [0.1, 0.15) is 19.2 Å². The van der Waals surface area contributed by atoms with E-state index in [4.69, 9.17) is 0 Å². The topological polar surface area (TPSA) is 42.7 Å². The van der Waals surface area contributed by atoms with Crippen molar-refractivity contribution < 1.29 is 4.39 Å². The number of hydrogen-bond acceptors (Lipinski definition) is 3. The molecule has 0 aliphatic carbocycles. The Labute approximate surface area is 82.5 Å². The van der Waals surface area contributed by atoms with Crippen molar-refractivity contribution in [2.45, 2.75) is 32.0 Å². The summed E-state index contributed by atoms with van der Waals surface area (Å²) in [6.07, 6.45) is 2.43. The lowest BCUT2D eigenvalue weighted by atomic mass is 10.0. The third kappa shape index (κ3) is 1.77. The Morgan fingerprint density at radius 1 is 1.71 bits per heavy atom. The molecule has 1 aromatic rings. The summed E-state index contributed by atoms with van der Waals surface area (Å²) in [4.78, 5) is 4.08. The molecule has 2 heterocycles. The van der Waals surface area contributed by atoms with Crippen molar-refractivity contribution in [3.63, 3.8) is 0 Å². The van der Waals surface area contributed by atoms with Crippen LogP contribution in [0.2, 0.25) is 0 Å². The van der Waals surface area contributed by atoms with E-state index in [0.717, 1.165) is 18.9 Å². The lowest BCUT2D eigenvalue weighted by molar-refractivity contribution is 0.184. The Morgan fingerprint density at radius 3 is 3.21 bits per heavy atom. The lowest BCUT2D eigenvalue weighted by Crippen LogP contribution is -2.30. The molecule has 0 saturated carbocycles. The molecular formula is C9H15FN4. The maximum atomic E-state index is 14.0. The highest BCUT2D eigenvalue weighted by Gasteiger charge is 2.35. The third-order valence-corrected chi connectivity index (χ3v) is 2.66. The van der Waals surface area contributed by atoms with Gasteiger partial charge in [-0.1, -0.05) is 0 Å². The van der Waals surface area contributed by atoms with Gasteiger partial charge in [0.05, 0.1) is 0 Å². The summed E-state index contributed by atoms with van der Waals surface area (Å²) in [6.45, 7) is 3.93. The van der Waals surface area contributed by atoms with Gasteiger partial charge in [-0.15, -0.1) is 0 Å². The van der Waals surface area contributed by atoms with E-state index < -0.39 is 5.67 Å². The van der Waals surface area contributed by atoms with Gasteiger partial charge in [-0.2, -0.15) is 5.10 Å². The van der Waals surface area contributed by atoms with Gasteiger partial charge in [0.15, 0.2) is 0 Å². The number of rotatable bonds is 3. The Balaban J connectivity index is 2.09. The summed E-state index contributed by atoms with van der Waals surface area (Å²) in [5.74, 6) is 0.749. The number of alkyl halides is 1. The molecule has 1 fully saturated rings. The van der Waals surface area contributed by atoms with Gasteiger partial charge < -0.3 is 5.32 Å². The predicted molar refractivity (Wildman–Crippen MR) is 50.7 cm³/mol. The largest absolute Gasteiger partial charge is 0.313 e. The molecule has 0 aromatic carbocycles. The van der Waals surface area contributed by atoms with Crippen LogP contribution in [0.5, 0.6) is 0 Å². The average Bonchev–Trinajstić information content (AvgIpc) is 2.75. The Morgan fingerprint density at radius 2 is 2.57 bits per heavy atom. The van der Waals surface area contributed by atoms with Gasteiger partial charge in [0.1, 0.15) is 17.8 Å². The van der Waals surface area contributed by atoms with Crippen LogP contribution in [0.4, 0.5) is 4.39 Å². The van der Waals surface area contributed by atoms with Crippen molar-refractivity contribution in [3.05, 3.63) is 12.2 Å². The zero-order valence-electron chi connectivity index (χ0n) is 8.33. The van der Waals surface area contributed by atoms with Gasteiger partial charge >= 0.3 is 0 Å². The summed E-state index contributed by atoms with van der Waals surface area (Å²) in [5.41, 5.74) is -1.13. The fourth-order valence-electron chi connectivity index (χ4n) is 1.84. The first-order valence-corrected chi connectivity index (χ1v) is 5.00. The van der Waals surface area contributed by atoms with Crippen LogP contribution in [-0.4, -0.2) is 33.5 Å². The number of nitrogens with zero attached hydrogens (tertiary/aromatic N) is 3. The van der Waals surface area contributed by atoms with E-state index in [2.05, 4.69) is 15.4 Å². The standard InChI is InChI=1S/C9H15FN4/c1-2-14-8(12-7-13-14)5-9(10)3-4-11-6-9/h7,11H,2-6H2,1H3. The van der Waals surface area contributed by atoms with Crippen molar-refractivity contribution >= 4 is 0 Å². The van der Waals surface area contributed by atoms with Gasteiger partial charge in [0.25, 0.3) is 0 Å². The SMILES string of the molecule is CCn1ncnc1CC1(F)CCNC1. The molecule has 0 bridgehead atoms. The minimum absolute atomic E-state index is 0.369. The first kappa shape index (κ1) is 9.58. The highest BCUT2D eigenvalue weighted by molar-refractivity contribution is 4.99. The maximum Gasteiger partial charge on any atom is 0.138 e. The summed E-state index contributed by atoms with van der Waals surface area (Å²) in [6, 6.07) is 0. The Hall–Kier alpha value is -0.970. The predicted octanol–water partition coefficient (Wildman–Crippen LogP) is 0.542. The summed E-state index contributed by atoms with van der Waals surface area (Å²) < 4.78 is 15.8. The van der Waals surface area contributed by atoms with Crippen molar-refractivity contribution in [1.29, 1.82) is 0 Å². The van der Waals surface area contributed by atoms with Gasteiger partial charge in [-0.3, -0.25) is 4.68 Å². The summed E-state index contributed by atoms with van der Waals surface area (Å²) >= 11 is 0. The number of aromatic nitrogens is 3. The van der Waals surface area contributed by atoms with Crippen molar-refractivity contribution in [1.82, 2.24) is 20.1 Å². The molecule has 14 heavy (non-hydrogen) atoms. The smallest absolute Gasteiger partial charge is 0.138 e. The molecule has 0 radical (unpaired) electrons. The molecule has 5 heteroatoms. The highest BCUT2D eigenvalue weighted by atomic mass is 19.1. The van der Waals surface area contributed by atoms with E-state index in [9.17, 15) is 4.39 Å². The molecule has 1 unspecified atom stereocenters. The molecule has 1 aliphatic rings. The molecule has 0 spiro atoms. The number of aryl methyl sites for hydroxylation is 1. The van der Waals surface area contributed by atoms with Crippen LogP contribution >= 0.6 is 0 Å². The molecule has 2 rings (SSSR count). The van der Waals surface area contributed by atoms with Gasteiger partial charge in [-0.05, 0) is 19.9 Å². The van der Waals surface area contributed by atoms with Crippen LogP contribution < -0.4 is 5.32 Å². The highest BCUT2D eigenvalue weighted by Crippen LogP contribution is 2.23. The summed E-state index contributed by atoms with van der Waals surface area (Å²) in [5, 5.41) is 7.06. The van der Waals surface area contributed by atoms with E-state index in [1.165, 1.54) is 6.33 Å². The maximum absolute atomic E-state index is 14.0. The van der Waals surface area contributed by atoms with E-state index in [1.54, 1.807) is 4.68 Å². The molecule has 4 nitrogen and oxygen atoms in total. The first-order valence-electron chi connectivity index (χ1n) is 5.00. The minimum atomic E-state index is -1.13. The van der Waals surface area contributed by atoms with Crippen molar-refractivity contribution in [3.8, 4) is 0 Å². The van der Waals surface area contributed by atoms with Crippen LogP contribution in [0.15, 0.2) is 6.33 Å². The third-order valence-electron chi connectivity index (χ3n) is 2.66. The fourth-order valence-corrected chi connectivity index (χ4v) is 1.84. The van der Waals surface area contributed by atoms with Crippen LogP contribution in [-0.2, 0) is 13.0 Å². The van der Waals surface area contributed by atoms with Crippen molar-refractivity contribution in [2.24, 2.45) is 0 Å². The van der Waals surface area contributed by atoms with Crippen LogP contribution in [0.3, 0.4) is 0 Å². The van der Waals surface area contributed by atoms with E-state index in [1.807, 2.05) is 6.92 Å². The zero-order valence-corrected chi connectivity index (χ0v) is 8.33. The van der Waals surface area contributed by atoms with Gasteiger partial charge in [0, 0.05) is 19.5 Å². The molecule has 78 valence electrons. The fraction of sp³-hybridized carbons (Fsp3) is 0.778. The molecule has 0 amide bonds. The van der Waals surface area contributed by atoms with E-state index in [0.29, 0.717) is 19.4 Å². The second kappa shape index (κ2) is 3.65. The molecule has 1 N–H and O–H groups in total. The number of halogens is 1. The summed E-state index contributed by atoms with van der Waals surface area (Å²) in [7, 11) is 0. The number of hydrogen-bond donors (Lipinski definition) is 1. The second-order valence-electron chi connectivity index (χ2n) is 3.75. The molecule has 1 aromatic heterocycles. The number of nitrogens with one attached hydrogen (secondary N) is 1. The van der Waals surface area contributed by atoms with Crippen LogP contribution in [0.25, 0.3) is 0 Å². The van der Waals surface area contributed by atoms with E-state index >= 15 is 0 Å². The lowest BCUT2D eigenvalue weighted by Gasteiger charge is -2.17. The Kier molecular flexibility index (Phi) is 2.50. The zero-order chi connectivity index (χ0) is 10.0. The normalized spacial score (nSPS) is 27.0.